The summed E-state index contributed by atoms with van der Waals surface area (Å²) in [6.07, 6.45) is 2.95. The van der Waals surface area contributed by atoms with Gasteiger partial charge in [0.1, 0.15) is 12.1 Å². The van der Waals surface area contributed by atoms with Gasteiger partial charge in [0.2, 0.25) is 0 Å². The summed E-state index contributed by atoms with van der Waals surface area (Å²) >= 11 is 0. The molecule has 2 saturated heterocycles. The highest BCUT2D eigenvalue weighted by molar-refractivity contribution is 5.78. The van der Waals surface area contributed by atoms with Crippen molar-refractivity contribution in [1.82, 2.24) is 15.5 Å². The van der Waals surface area contributed by atoms with Gasteiger partial charge < -0.3 is 9.64 Å². The van der Waals surface area contributed by atoms with E-state index in [1.165, 1.54) is 0 Å². The fraction of sp³-hybridized carbons (Fsp3) is 0.667. The molecule has 6 nitrogen and oxygen atoms in total. The lowest BCUT2D eigenvalue weighted by Gasteiger charge is -2.34. The predicted octanol–water partition coefficient (Wildman–Crippen LogP) is 1.05. The number of nitrogens with zero attached hydrogens (tertiary/aromatic N) is 3. The first-order chi connectivity index (χ1) is 10.1. The molecular weight excluding hydrogens is 268 g/mol. The first-order valence-electron chi connectivity index (χ1n) is 7.63. The van der Waals surface area contributed by atoms with Crippen LogP contribution >= 0.6 is 0 Å². The Morgan fingerprint density at radius 2 is 2.24 bits per heavy atom. The normalized spacial score (nSPS) is 29.5. The number of aromatic nitrogens is 2. The van der Waals surface area contributed by atoms with Crippen LogP contribution in [0.4, 0.5) is 5.82 Å². The summed E-state index contributed by atoms with van der Waals surface area (Å²) in [5.74, 6) is 0.796. The molecule has 3 rings (SSSR count). The second kappa shape index (κ2) is 5.97. The standard InChI is InChI=1S/C15H22N4O2/c1-10-5-6-14(18-17-10)19-7-3-4-12(9-19)16-13-8-11(2)21-15(13)20/h5-6,11-13,16H,3-4,7-9H2,1-2H3/t11-,12+,13+/m1/s1. The number of rotatable bonds is 3. The van der Waals surface area contributed by atoms with E-state index in [-0.39, 0.29) is 18.1 Å². The van der Waals surface area contributed by atoms with Crippen LogP contribution in [0.5, 0.6) is 0 Å². The second-order valence-corrected chi connectivity index (χ2v) is 6.02. The number of nitrogens with one attached hydrogen (secondary N) is 1. The summed E-state index contributed by atoms with van der Waals surface area (Å²) in [4.78, 5) is 14.0. The third-order valence-corrected chi connectivity index (χ3v) is 4.14. The molecule has 0 aromatic carbocycles. The highest BCUT2D eigenvalue weighted by Crippen LogP contribution is 2.20. The van der Waals surface area contributed by atoms with Gasteiger partial charge in [-0.25, -0.2) is 0 Å². The first kappa shape index (κ1) is 14.3. The summed E-state index contributed by atoms with van der Waals surface area (Å²) in [5.41, 5.74) is 0.924. The summed E-state index contributed by atoms with van der Waals surface area (Å²) in [7, 11) is 0. The Kier molecular flexibility index (Phi) is 4.05. The van der Waals surface area contributed by atoms with E-state index in [0.717, 1.165) is 43.9 Å². The minimum absolute atomic E-state index is 0.0256. The van der Waals surface area contributed by atoms with E-state index in [1.807, 2.05) is 26.0 Å². The van der Waals surface area contributed by atoms with E-state index in [2.05, 4.69) is 20.4 Å². The Morgan fingerprint density at radius 1 is 1.38 bits per heavy atom. The van der Waals surface area contributed by atoms with Crippen LogP contribution in [0.1, 0.15) is 31.9 Å². The molecule has 1 aromatic rings. The number of carbonyl (C=O) groups is 1. The van der Waals surface area contributed by atoms with Gasteiger partial charge in [0.25, 0.3) is 0 Å². The van der Waals surface area contributed by atoms with E-state index in [1.54, 1.807) is 0 Å². The van der Waals surface area contributed by atoms with Crippen molar-refractivity contribution in [3.63, 3.8) is 0 Å². The predicted molar refractivity (Wildman–Crippen MR) is 79.1 cm³/mol. The molecule has 21 heavy (non-hydrogen) atoms. The highest BCUT2D eigenvalue weighted by Gasteiger charge is 2.34. The van der Waals surface area contributed by atoms with Crippen LogP contribution < -0.4 is 10.2 Å². The molecule has 0 radical (unpaired) electrons. The van der Waals surface area contributed by atoms with Gasteiger partial charge in [-0.05, 0) is 38.8 Å². The Balaban J connectivity index is 1.60. The summed E-state index contributed by atoms with van der Waals surface area (Å²) in [6, 6.07) is 4.13. The number of hydrogen-bond acceptors (Lipinski definition) is 6. The average Bonchev–Trinajstić information content (AvgIpc) is 2.78. The summed E-state index contributed by atoms with van der Waals surface area (Å²) in [6.45, 7) is 5.72. The van der Waals surface area contributed by atoms with Crippen molar-refractivity contribution in [2.45, 2.75) is 51.3 Å². The van der Waals surface area contributed by atoms with Crippen molar-refractivity contribution in [3.8, 4) is 0 Å². The van der Waals surface area contributed by atoms with Crippen molar-refractivity contribution in [2.24, 2.45) is 0 Å². The molecular formula is C15H22N4O2. The van der Waals surface area contributed by atoms with Crippen LogP contribution in [0.2, 0.25) is 0 Å². The zero-order valence-electron chi connectivity index (χ0n) is 12.6. The largest absolute Gasteiger partial charge is 0.461 e. The smallest absolute Gasteiger partial charge is 0.323 e. The Labute approximate surface area is 124 Å². The second-order valence-electron chi connectivity index (χ2n) is 6.02. The molecule has 0 aliphatic carbocycles. The average molecular weight is 290 g/mol. The van der Waals surface area contributed by atoms with E-state index in [0.29, 0.717) is 6.04 Å². The quantitative estimate of drug-likeness (QED) is 0.839. The van der Waals surface area contributed by atoms with Crippen LogP contribution in [-0.2, 0) is 9.53 Å². The molecule has 2 fully saturated rings. The van der Waals surface area contributed by atoms with Crippen LogP contribution in [0.15, 0.2) is 12.1 Å². The fourth-order valence-electron chi connectivity index (χ4n) is 3.06. The van der Waals surface area contributed by atoms with Crippen molar-refractivity contribution >= 4 is 11.8 Å². The maximum atomic E-state index is 11.7. The van der Waals surface area contributed by atoms with Gasteiger partial charge in [0.05, 0.1) is 5.69 Å². The third kappa shape index (κ3) is 3.32. The molecule has 2 aliphatic rings. The lowest BCUT2D eigenvalue weighted by atomic mass is 10.0. The number of piperidine rings is 1. The molecule has 2 aliphatic heterocycles. The molecule has 0 unspecified atom stereocenters. The Morgan fingerprint density at radius 3 is 2.90 bits per heavy atom. The minimum atomic E-state index is -0.158. The lowest BCUT2D eigenvalue weighted by molar-refractivity contribution is -0.142. The van der Waals surface area contributed by atoms with Gasteiger partial charge in [-0.3, -0.25) is 10.1 Å². The minimum Gasteiger partial charge on any atom is -0.461 e. The Bertz CT molecular complexity index is 505. The number of anilines is 1. The molecule has 1 aromatic heterocycles. The molecule has 0 saturated carbocycles. The van der Waals surface area contributed by atoms with Crippen LogP contribution in [0, 0.1) is 6.92 Å². The number of cyclic esters (lactones) is 1. The van der Waals surface area contributed by atoms with Gasteiger partial charge in [-0.2, -0.15) is 5.10 Å². The molecule has 0 spiro atoms. The van der Waals surface area contributed by atoms with E-state index in [4.69, 9.17) is 4.74 Å². The van der Waals surface area contributed by atoms with Gasteiger partial charge >= 0.3 is 5.97 Å². The summed E-state index contributed by atoms with van der Waals surface area (Å²) in [5, 5.41) is 11.8. The van der Waals surface area contributed by atoms with E-state index >= 15 is 0 Å². The lowest BCUT2D eigenvalue weighted by Crippen LogP contribution is -2.50. The number of hydrogen-bond donors (Lipinski definition) is 1. The number of aryl methyl sites for hydroxylation is 1. The SMILES string of the molecule is Cc1ccc(N2CCC[C@H](N[C@H]3C[C@@H](C)OC3=O)C2)nn1. The topological polar surface area (TPSA) is 67.3 Å². The van der Waals surface area contributed by atoms with Crippen LogP contribution in [0.25, 0.3) is 0 Å². The van der Waals surface area contributed by atoms with Crippen molar-refractivity contribution in [3.05, 3.63) is 17.8 Å². The first-order valence-corrected chi connectivity index (χ1v) is 7.63. The zero-order valence-corrected chi connectivity index (χ0v) is 12.6. The molecule has 1 N–H and O–H groups in total. The maximum Gasteiger partial charge on any atom is 0.323 e. The number of carbonyl (C=O) groups excluding carboxylic acids is 1. The molecule has 0 amide bonds. The number of ether oxygens (including phenoxy) is 1. The Hall–Kier alpha value is -1.69. The van der Waals surface area contributed by atoms with E-state index in [9.17, 15) is 4.79 Å². The molecule has 3 heterocycles. The van der Waals surface area contributed by atoms with Crippen molar-refractivity contribution < 1.29 is 9.53 Å². The van der Waals surface area contributed by atoms with E-state index < -0.39 is 0 Å². The van der Waals surface area contributed by atoms with Crippen molar-refractivity contribution in [1.29, 1.82) is 0 Å². The zero-order chi connectivity index (χ0) is 14.8. The molecule has 3 atom stereocenters. The van der Waals surface area contributed by atoms with Crippen LogP contribution in [0.3, 0.4) is 0 Å². The van der Waals surface area contributed by atoms with Crippen LogP contribution in [-0.4, -0.2) is 47.4 Å². The molecule has 6 heteroatoms. The number of esters is 1. The third-order valence-electron chi connectivity index (χ3n) is 4.14. The van der Waals surface area contributed by atoms with Gasteiger partial charge in [0, 0.05) is 25.6 Å². The van der Waals surface area contributed by atoms with Gasteiger partial charge in [0.15, 0.2) is 5.82 Å². The van der Waals surface area contributed by atoms with Gasteiger partial charge in [-0.1, -0.05) is 0 Å². The monoisotopic (exact) mass is 290 g/mol. The fourth-order valence-corrected chi connectivity index (χ4v) is 3.06. The van der Waals surface area contributed by atoms with Crippen molar-refractivity contribution in [2.75, 3.05) is 18.0 Å². The maximum absolute atomic E-state index is 11.7. The highest BCUT2D eigenvalue weighted by atomic mass is 16.6. The molecule has 0 bridgehead atoms. The molecule has 114 valence electrons. The summed E-state index contributed by atoms with van der Waals surface area (Å²) < 4.78 is 5.20. The van der Waals surface area contributed by atoms with Gasteiger partial charge in [-0.15, -0.1) is 5.10 Å².